The van der Waals surface area contributed by atoms with Gasteiger partial charge in [-0.15, -0.1) is 0 Å². The Morgan fingerprint density at radius 2 is 1.04 bits per heavy atom. The van der Waals surface area contributed by atoms with Crippen molar-refractivity contribution in [1.82, 2.24) is 9.13 Å². The van der Waals surface area contributed by atoms with E-state index in [0.717, 1.165) is 0 Å². The van der Waals surface area contributed by atoms with Gasteiger partial charge in [-0.05, 0) is 89.5 Å². The largest absolute Gasteiger partial charge is 0.311 e. The number of hydrogen-bond acceptors (Lipinski definition) is 1. The third-order valence-electron chi connectivity index (χ3n) is 10.5. The monoisotopic (exact) mass is 597 g/mol. The minimum atomic E-state index is 0.144. The number of aromatic nitrogens is 2. The van der Waals surface area contributed by atoms with Gasteiger partial charge in [-0.2, -0.15) is 0 Å². The predicted octanol–water partition coefficient (Wildman–Crippen LogP) is 8.80. The van der Waals surface area contributed by atoms with Crippen molar-refractivity contribution in [2.75, 3.05) is 4.90 Å². The van der Waals surface area contributed by atoms with Crippen LogP contribution in [0, 0.1) is 6.92 Å². The van der Waals surface area contributed by atoms with Crippen molar-refractivity contribution in [3.05, 3.63) is 157 Å². The number of hydrogen-bond donors (Lipinski definition) is 0. The van der Waals surface area contributed by atoms with Gasteiger partial charge in [0.1, 0.15) is 0 Å². The molecule has 0 spiro atoms. The van der Waals surface area contributed by atoms with Gasteiger partial charge in [0.25, 0.3) is 6.71 Å². The SMILES string of the molecule is Cc1cc2c3c(c1)-n1c4cc5c6ccccc6n(-c6ccccc6)c5cc4c4cccc(c41)B3c1ccccc1N2c1ccccc1. The lowest BCUT2D eigenvalue weighted by molar-refractivity contribution is 1.16. The second kappa shape index (κ2) is 9.05. The molecule has 218 valence electrons. The molecule has 4 heterocycles. The molecule has 0 aliphatic carbocycles. The zero-order valence-electron chi connectivity index (χ0n) is 25.9. The molecule has 0 N–H and O–H groups in total. The van der Waals surface area contributed by atoms with Crippen LogP contribution >= 0.6 is 0 Å². The molecule has 7 aromatic carbocycles. The highest BCUT2D eigenvalue weighted by Gasteiger charge is 2.42. The van der Waals surface area contributed by atoms with Crippen molar-refractivity contribution < 1.29 is 0 Å². The van der Waals surface area contributed by atoms with Crippen LogP contribution in [0.1, 0.15) is 5.56 Å². The topological polar surface area (TPSA) is 13.1 Å². The first-order valence-electron chi connectivity index (χ1n) is 16.4. The quantitative estimate of drug-likeness (QED) is 0.182. The summed E-state index contributed by atoms with van der Waals surface area (Å²) in [6.07, 6.45) is 0. The van der Waals surface area contributed by atoms with Gasteiger partial charge in [0.15, 0.2) is 0 Å². The van der Waals surface area contributed by atoms with Gasteiger partial charge in [-0.1, -0.05) is 91.0 Å². The summed E-state index contributed by atoms with van der Waals surface area (Å²) in [5.74, 6) is 0. The number of fused-ring (bicyclic) bond motifs is 10. The molecule has 0 unspecified atom stereocenters. The van der Waals surface area contributed by atoms with Crippen molar-refractivity contribution in [2.45, 2.75) is 6.92 Å². The van der Waals surface area contributed by atoms with Gasteiger partial charge in [0.2, 0.25) is 0 Å². The number of anilines is 3. The van der Waals surface area contributed by atoms with E-state index in [2.05, 4.69) is 173 Å². The van der Waals surface area contributed by atoms with E-state index < -0.39 is 0 Å². The number of aryl methyl sites for hydroxylation is 1. The Balaban J connectivity index is 1.31. The maximum atomic E-state index is 2.58. The maximum absolute atomic E-state index is 2.58. The van der Waals surface area contributed by atoms with E-state index in [4.69, 9.17) is 0 Å². The van der Waals surface area contributed by atoms with Gasteiger partial charge in [-0.3, -0.25) is 0 Å². The molecule has 0 radical (unpaired) electrons. The number of nitrogens with zero attached hydrogens (tertiary/aromatic N) is 3. The van der Waals surface area contributed by atoms with Gasteiger partial charge in [0.05, 0.1) is 16.6 Å². The van der Waals surface area contributed by atoms with Crippen LogP contribution in [0.25, 0.3) is 55.0 Å². The Bertz CT molecular complexity index is 2760. The zero-order valence-corrected chi connectivity index (χ0v) is 25.9. The lowest BCUT2D eigenvalue weighted by Crippen LogP contribution is -2.60. The highest BCUT2D eigenvalue weighted by molar-refractivity contribution is 7.00. The van der Waals surface area contributed by atoms with Gasteiger partial charge < -0.3 is 14.0 Å². The molecule has 9 aromatic rings. The molecule has 0 atom stereocenters. The second-order valence-electron chi connectivity index (χ2n) is 13.0. The minimum Gasteiger partial charge on any atom is -0.311 e. The number of benzene rings is 7. The fourth-order valence-electron chi connectivity index (χ4n) is 8.72. The lowest BCUT2D eigenvalue weighted by Gasteiger charge is -2.40. The number of para-hydroxylation sites is 5. The predicted molar refractivity (Wildman–Crippen MR) is 199 cm³/mol. The normalized spacial score (nSPS) is 13.1. The molecule has 0 saturated carbocycles. The lowest BCUT2D eigenvalue weighted by atomic mass is 9.34. The van der Waals surface area contributed by atoms with Crippen LogP contribution in [0.2, 0.25) is 0 Å². The maximum Gasteiger partial charge on any atom is 0.252 e. The van der Waals surface area contributed by atoms with Crippen LogP contribution in [0.5, 0.6) is 0 Å². The average molecular weight is 598 g/mol. The van der Waals surface area contributed by atoms with E-state index in [-0.39, 0.29) is 6.71 Å². The summed E-state index contributed by atoms with van der Waals surface area (Å²) >= 11 is 0. The van der Waals surface area contributed by atoms with Gasteiger partial charge in [0, 0.05) is 55.5 Å². The van der Waals surface area contributed by atoms with E-state index >= 15 is 0 Å². The van der Waals surface area contributed by atoms with Crippen LogP contribution in [-0.2, 0) is 0 Å². The van der Waals surface area contributed by atoms with Crippen LogP contribution in [0.3, 0.4) is 0 Å². The van der Waals surface area contributed by atoms with E-state index in [1.165, 1.54) is 94.0 Å². The summed E-state index contributed by atoms with van der Waals surface area (Å²) in [5, 5.41) is 5.14. The molecule has 47 heavy (non-hydrogen) atoms. The Morgan fingerprint density at radius 1 is 0.426 bits per heavy atom. The third-order valence-corrected chi connectivity index (χ3v) is 10.5. The molecule has 2 aliphatic rings. The molecule has 2 aliphatic heterocycles. The first-order valence-corrected chi connectivity index (χ1v) is 16.4. The van der Waals surface area contributed by atoms with Crippen LogP contribution in [0.15, 0.2) is 152 Å². The summed E-state index contributed by atoms with van der Waals surface area (Å²) in [6, 6.07) is 56.1. The van der Waals surface area contributed by atoms with Crippen molar-refractivity contribution in [3.8, 4) is 11.4 Å². The minimum absolute atomic E-state index is 0.144. The highest BCUT2D eigenvalue weighted by Crippen LogP contribution is 2.43. The zero-order chi connectivity index (χ0) is 30.8. The summed E-state index contributed by atoms with van der Waals surface area (Å²) in [7, 11) is 0. The molecule has 3 nitrogen and oxygen atoms in total. The molecule has 2 aromatic heterocycles. The fraction of sp³-hybridized carbons (Fsp3) is 0.0233. The number of rotatable bonds is 2. The molecule has 0 bridgehead atoms. The van der Waals surface area contributed by atoms with Crippen LogP contribution in [0.4, 0.5) is 17.1 Å². The highest BCUT2D eigenvalue weighted by atomic mass is 15.2. The summed E-state index contributed by atoms with van der Waals surface area (Å²) in [6.45, 7) is 2.38. The Kier molecular flexibility index (Phi) is 4.86. The molecule has 0 amide bonds. The summed E-state index contributed by atoms with van der Waals surface area (Å²) in [4.78, 5) is 2.47. The van der Waals surface area contributed by atoms with Gasteiger partial charge in [-0.25, -0.2) is 0 Å². The van der Waals surface area contributed by atoms with Crippen molar-refractivity contribution >= 4 is 83.8 Å². The van der Waals surface area contributed by atoms with E-state index in [1.807, 2.05) is 0 Å². The first-order chi connectivity index (χ1) is 23.3. The van der Waals surface area contributed by atoms with Crippen LogP contribution in [-0.4, -0.2) is 15.8 Å². The second-order valence-corrected chi connectivity index (χ2v) is 13.0. The Hall–Kier alpha value is -6.00. The smallest absolute Gasteiger partial charge is 0.252 e. The van der Waals surface area contributed by atoms with E-state index in [1.54, 1.807) is 0 Å². The molecule has 4 heteroatoms. The summed E-state index contributed by atoms with van der Waals surface area (Å²) < 4.78 is 5.01. The van der Waals surface area contributed by atoms with Crippen molar-refractivity contribution in [1.29, 1.82) is 0 Å². The standard InChI is InChI=1S/C43H28BN3/c1-27-23-40-42-41(24-27)47-39-25-32-30-17-8-10-21-36(30)45(28-13-4-2-5-14-28)38(32)26-33(39)31-18-12-20-35(43(31)47)44(42)34-19-9-11-22-37(34)46(40)29-15-6-3-7-16-29/h2-26H,1H3. The summed E-state index contributed by atoms with van der Waals surface area (Å²) in [5.41, 5.74) is 16.6. The van der Waals surface area contributed by atoms with Crippen LogP contribution < -0.4 is 21.3 Å². The third kappa shape index (κ3) is 3.22. The molecule has 0 saturated heterocycles. The molecular weight excluding hydrogens is 569 g/mol. The average Bonchev–Trinajstić information content (AvgIpc) is 3.62. The molecule has 0 fully saturated rings. The Morgan fingerprint density at radius 3 is 1.87 bits per heavy atom. The molecular formula is C43H28BN3. The van der Waals surface area contributed by atoms with Crippen molar-refractivity contribution in [3.63, 3.8) is 0 Å². The Labute approximate surface area is 272 Å². The molecule has 11 rings (SSSR count). The van der Waals surface area contributed by atoms with E-state index in [0.29, 0.717) is 0 Å². The van der Waals surface area contributed by atoms with Gasteiger partial charge >= 0.3 is 0 Å². The first kappa shape index (κ1) is 25.2. The fourth-order valence-corrected chi connectivity index (χ4v) is 8.72. The van der Waals surface area contributed by atoms with Crippen molar-refractivity contribution in [2.24, 2.45) is 0 Å². The van der Waals surface area contributed by atoms with E-state index in [9.17, 15) is 0 Å².